The van der Waals surface area contributed by atoms with E-state index in [-0.39, 0.29) is 62.9 Å². The van der Waals surface area contributed by atoms with E-state index in [1.807, 2.05) is 132 Å². The number of fused-ring (bicyclic) bond motifs is 14. The number of aromatic amines is 5. The van der Waals surface area contributed by atoms with Gasteiger partial charge >= 0.3 is 34.1 Å². The van der Waals surface area contributed by atoms with E-state index in [4.69, 9.17) is 10.8 Å². The highest BCUT2D eigenvalue weighted by atomic mass is 16.6. The molecule has 0 aliphatic heterocycles. The van der Waals surface area contributed by atoms with Gasteiger partial charge in [0.2, 0.25) is 0 Å². The number of aromatic nitrogens is 16. The third-order valence-corrected chi connectivity index (χ3v) is 24.3. The van der Waals surface area contributed by atoms with Crippen molar-refractivity contribution in [1.82, 2.24) is 75.8 Å². The second-order valence-corrected chi connectivity index (χ2v) is 31.6. The summed E-state index contributed by atoms with van der Waals surface area (Å²) in [5.74, 6) is 0.480. The number of aliphatic hydroxyl groups is 1. The van der Waals surface area contributed by atoms with Gasteiger partial charge in [0.25, 0.3) is 11.4 Å². The molecule has 0 amide bonds. The third kappa shape index (κ3) is 18.3. The zero-order chi connectivity index (χ0) is 90.8. The van der Waals surface area contributed by atoms with Crippen LogP contribution in [0, 0.1) is 20.2 Å². The molecular weight excluding hydrogens is 1620 g/mol. The molecule has 9 N–H and O–H groups in total. The largest absolute Gasteiger partial charge is 0.515 e. The second-order valence-electron chi connectivity index (χ2n) is 31.6. The highest BCUT2D eigenvalue weighted by Gasteiger charge is 2.27. The maximum absolute atomic E-state index is 12.6. The van der Waals surface area contributed by atoms with E-state index >= 15 is 0 Å². The Hall–Kier alpha value is -14.2. The van der Waals surface area contributed by atoms with E-state index in [0.29, 0.717) is 118 Å². The molecule has 2 saturated carbocycles. The van der Waals surface area contributed by atoms with Crippen LogP contribution in [0.25, 0.3) is 99.4 Å². The predicted molar refractivity (Wildman–Crippen MR) is 498 cm³/mol. The van der Waals surface area contributed by atoms with Gasteiger partial charge in [-0.15, -0.1) is 0 Å². The number of nitrogens with zero attached hydrogens (tertiary/aromatic N) is 14. The fraction of sp³-hybridized carbons (Fsp3) is 0.402. The number of nitrogens with two attached hydrogens (primary N) is 1. The molecule has 0 radical (unpaired) electrons. The number of non-ortho nitro benzene ring substituents is 2. The number of anilines is 2. The number of ketones is 3. The van der Waals surface area contributed by atoms with E-state index in [1.165, 1.54) is 46.8 Å². The summed E-state index contributed by atoms with van der Waals surface area (Å²) < 4.78 is 17.5. The number of hydrogen-bond donors (Lipinski definition) is 8. The number of rotatable bonds is 14. The molecule has 35 heteroatoms. The van der Waals surface area contributed by atoms with E-state index in [1.54, 1.807) is 38.0 Å². The molecule has 9 aromatic heterocycles. The molecule has 0 spiro atoms. The van der Waals surface area contributed by atoms with Gasteiger partial charge in [0.05, 0.1) is 111 Å². The van der Waals surface area contributed by atoms with Crippen molar-refractivity contribution in [3.8, 4) is 11.4 Å². The zero-order valence-corrected chi connectivity index (χ0v) is 73.6. The molecule has 0 atom stereocenters. The number of aryl methyl sites for hydroxylation is 13. The van der Waals surface area contributed by atoms with E-state index < -0.39 is 9.85 Å². The van der Waals surface area contributed by atoms with Crippen molar-refractivity contribution in [1.29, 1.82) is 0 Å². The number of imidazole rings is 6. The van der Waals surface area contributed by atoms with Crippen molar-refractivity contribution in [2.45, 2.75) is 244 Å². The van der Waals surface area contributed by atoms with Gasteiger partial charge in [-0.05, 0) is 236 Å². The van der Waals surface area contributed by atoms with Crippen molar-refractivity contribution in [2.75, 3.05) is 11.2 Å². The number of nitro groups is 2. The average molecular weight is 1740 g/mol. The minimum absolute atomic E-state index is 0.00736. The lowest BCUT2D eigenvalue weighted by molar-refractivity contribution is -0.384. The zero-order valence-electron chi connectivity index (χ0n) is 73.6. The molecular formula is C92H111N21O14. The Bertz CT molecular complexity index is 7150. The molecule has 9 heterocycles. The number of H-pyrrole nitrogens is 5. The molecule has 4 aliphatic rings. The van der Waals surface area contributed by atoms with Gasteiger partial charge in [0.15, 0.2) is 17.3 Å². The number of Topliss-reactive ketones (excluding diaryl/α,β-unsaturated/α-hetero) is 3. The highest BCUT2D eigenvalue weighted by molar-refractivity contribution is 6.40. The van der Waals surface area contributed by atoms with Crippen LogP contribution in [0.5, 0.6) is 0 Å². The van der Waals surface area contributed by atoms with Gasteiger partial charge in [-0.1, -0.05) is 12.8 Å². The lowest BCUT2D eigenvalue weighted by Gasteiger charge is -2.05. The van der Waals surface area contributed by atoms with Crippen LogP contribution in [0.15, 0.2) is 149 Å². The smallest absolute Gasteiger partial charge is 0.329 e. The fourth-order valence-electron chi connectivity index (χ4n) is 17.8. The Balaban J connectivity index is 0.000000129. The molecule has 35 nitrogen and oxygen atoms in total. The van der Waals surface area contributed by atoms with Gasteiger partial charge in [-0.3, -0.25) is 90.8 Å². The first-order chi connectivity index (χ1) is 61.3. The first-order valence-corrected chi connectivity index (χ1v) is 44.1. The Labute approximate surface area is 727 Å². The standard InChI is InChI=1S/C19H21N5O.C18H24N4O2.C18H21N3O2.C11H13N3O3.C11H15N3O.C8H12O2.C7H5N3O3/c1-3-23-15-8-13-12-7-5-6-11-10-20-22-17(11)18(12)21-14(13)9-16(15)24(4-2)19(23)25;1-3-21-15-11-10-13(12-16(15)22(4-2)18(21)24)19-20-14-8-6-5-7-9-17(14)23;1-3-20-14-9-12-11-7-5-6-8-16(22)17(11)19-13(12)10-15(14)21(4-2)18(20)23;1-3-12-9-6-5-8(14(16)17)7-10(9)13(4-2)11(12)15;1-3-13-9-6-5-8(12)7-10(9)14(4-2)11(13)15;9-6-7-4-2-1-3-5-8(7)10;11-7-8-5-2-1-4(10(12)13)3-6(5)9-7/h8-10,21H,3-7H2,1-2H3,(H,20,22);10-12,19H,3-9H2,1-2H3;9-10,19H,3-8H2,1-2H3;5-7H,3-4H2,1-2H3;5-7H,3-4,12H2,1-2H3;6,9H,1-5H2;1-3H,(H2,8,9,11)/b;20-14+;;;;7-6-;. The first kappa shape index (κ1) is 90.6. The topological polar surface area (TPSA) is 452 Å². The first-order valence-electron chi connectivity index (χ1n) is 44.1. The lowest BCUT2D eigenvalue weighted by atomic mass is 10.1. The molecule has 127 heavy (non-hydrogen) atoms. The maximum Gasteiger partial charge on any atom is 0.329 e. The molecule has 4 aliphatic carbocycles. The number of nitrogen functional groups attached to an aromatic ring is 1. The summed E-state index contributed by atoms with van der Waals surface area (Å²) in [6.45, 7) is 26.0. The number of allylic oxidation sites excluding steroid dienone is 1. The maximum atomic E-state index is 12.6. The predicted octanol–water partition coefficient (Wildman–Crippen LogP) is 15.5. The lowest BCUT2D eigenvalue weighted by Crippen LogP contribution is -2.23. The Kier molecular flexibility index (Phi) is 28.4. The van der Waals surface area contributed by atoms with Gasteiger partial charge in [0.1, 0.15) is 5.71 Å². The van der Waals surface area contributed by atoms with Crippen LogP contribution in [0.4, 0.5) is 22.7 Å². The number of aliphatic hydroxyl groups excluding tert-OH is 1. The van der Waals surface area contributed by atoms with Crippen LogP contribution in [0.3, 0.4) is 0 Å². The quantitative estimate of drug-likeness (QED) is 0.00953. The van der Waals surface area contributed by atoms with Gasteiger partial charge < -0.3 is 30.8 Å². The van der Waals surface area contributed by atoms with Gasteiger partial charge in [-0.25, -0.2) is 28.8 Å². The summed E-state index contributed by atoms with van der Waals surface area (Å²) in [7, 11) is 0. The SMILES string of the molecule is CCn1c(=O)n(CC)c2cc(N)ccc21.CCn1c(=O)n(CC)c2cc(N/N=C3\CCCCCC3=O)ccc21.CCn1c(=O)n(CC)c2cc([N+](=O)[O-])ccc21.CCn1c(=O)n(CC)c2cc3c4c([nH]c3cc21)-c1[nH]ncc1CCC4.CCn1c(=O)n(CC)c2cc3c4c([nH]c3cc21)C(=O)CCCC4.O=C1CCCCC/C1=C/O.O=c1[nH]c2ccc([N+](=O)[O-])cc2[nH]1. The van der Waals surface area contributed by atoms with Crippen molar-refractivity contribution < 1.29 is 29.3 Å². The number of nitro benzene ring substituents is 2. The third-order valence-electron chi connectivity index (χ3n) is 24.3. The fourth-order valence-corrected chi connectivity index (χ4v) is 17.8. The Morgan fingerprint density at radius 3 is 1.32 bits per heavy atom. The molecule has 2 fully saturated rings. The van der Waals surface area contributed by atoms with Crippen molar-refractivity contribution in [3.63, 3.8) is 0 Å². The van der Waals surface area contributed by atoms with Gasteiger partial charge in [0, 0.05) is 142 Å². The Morgan fingerprint density at radius 1 is 0.394 bits per heavy atom. The number of nitrogens with one attached hydrogen (secondary N) is 6. The molecule has 0 bridgehead atoms. The van der Waals surface area contributed by atoms with Crippen LogP contribution in [0.1, 0.15) is 186 Å². The number of hydrazone groups is 1. The number of carbonyl (C=O) groups excluding carboxylic acids is 3. The van der Waals surface area contributed by atoms with E-state index in [2.05, 4.69) is 58.9 Å². The van der Waals surface area contributed by atoms with Crippen molar-refractivity contribution >= 4 is 134 Å². The van der Waals surface area contributed by atoms with Gasteiger partial charge in [-0.2, -0.15) is 10.2 Å². The molecule has 6 aromatic carbocycles. The summed E-state index contributed by atoms with van der Waals surface area (Å²) in [5.41, 5.74) is 29.9. The average Bonchev–Trinajstić information content (AvgIpc) is 1.58. The van der Waals surface area contributed by atoms with Crippen LogP contribution >= 0.6 is 0 Å². The summed E-state index contributed by atoms with van der Waals surface area (Å²) >= 11 is 0. The Morgan fingerprint density at radius 2 is 0.795 bits per heavy atom. The molecule has 19 rings (SSSR count). The van der Waals surface area contributed by atoms with Crippen LogP contribution < -0.4 is 45.3 Å². The second kappa shape index (κ2) is 39.8. The molecule has 0 unspecified atom stereocenters. The van der Waals surface area contributed by atoms with Crippen LogP contribution in [0.2, 0.25) is 0 Å². The van der Waals surface area contributed by atoms with Crippen LogP contribution in [-0.2, 0) is 94.3 Å². The molecule has 668 valence electrons. The monoisotopic (exact) mass is 1730 g/mol. The molecule has 0 saturated heterocycles. The summed E-state index contributed by atoms with van der Waals surface area (Å²) in [5, 5.41) is 43.7. The minimum Gasteiger partial charge on any atom is -0.515 e. The van der Waals surface area contributed by atoms with Crippen molar-refractivity contribution in [3.05, 3.63) is 221 Å². The highest BCUT2D eigenvalue weighted by Crippen LogP contribution is 2.38. The van der Waals surface area contributed by atoms with E-state index in [0.717, 1.165) is 191 Å². The van der Waals surface area contributed by atoms with Crippen molar-refractivity contribution in [2.24, 2.45) is 5.10 Å². The molecule has 15 aromatic rings. The normalized spacial score (nSPS) is 14.6. The van der Waals surface area contributed by atoms with E-state index in [9.17, 15) is 63.4 Å². The minimum atomic E-state index is -0.509. The number of hydrogen-bond acceptors (Lipinski definition) is 18. The van der Waals surface area contributed by atoms with Crippen LogP contribution in [-0.4, -0.2) is 114 Å². The number of benzene rings is 6. The summed E-state index contributed by atoms with van der Waals surface area (Å²) in [6.07, 6.45) is 18.5. The summed E-state index contributed by atoms with van der Waals surface area (Å²) in [4.78, 5) is 140. The number of carbonyl (C=O) groups is 3. The summed E-state index contributed by atoms with van der Waals surface area (Å²) in [6, 6.07) is 28.4.